The van der Waals surface area contributed by atoms with E-state index >= 15 is 0 Å². The van der Waals surface area contributed by atoms with Crippen LogP contribution < -0.4 is 0 Å². The van der Waals surface area contributed by atoms with Gasteiger partial charge in [-0.2, -0.15) is 0 Å². The van der Waals surface area contributed by atoms with Gasteiger partial charge in [0.2, 0.25) is 0 Å². The van der Waals surface area contributed by atoms with Crippen molar-refractivity contribution in [2.75, 3.05) is 0 Å². The molecule has 0 fully saturated rings. The molecule has 0 aliphatic heterocycles. The second-order valence-corrected chi connectivity index (χ2v) is 10.3. The summed E-state index contributed by atoms with van der Waals surface area (Å²) in [5.41, 5.74) is 12.9. The molecule has 0 saturated carbocycles. The zero-order chi connectivity index (χ0) is 25.0. The van der Waals surface area contributed by atoms with Gasteiger partial charge in [-0.25, -0.2) is 0 Å². The van der Waals surface area contributed by atoms with Crippen molar-refractivity contribution in [1.29, 1.82) is 0 Å². The van der Waals surface area contributed by atoms with Crippen molar-refractivity contribution in [3.63, 3.8) is 0 Å². The van der Waals surface area contributed by atoms with Crippen LogP contribution in [0.25, 0.3) is 55.5 Å². The Hall–Kier alpha value is -3.84. The molecule has 5 aromatic carbocycles. The Morgan fingerprint density at radius 2 is 1.21 bits per heavy atom. The van der Waals surface area contributed by atoms with Crippen LogP contribution >= 0.6 is 0 Å². The standard InChI is InChI=1S/C36H26N.CH3.Ir/c1-36(2)30-19-11-9-17-27(30)28-22-21-26(23-31(28)36)35-34(25-15-7-4-8-16-25)33(24-13-5-3-6-14-24)29-18-10-12-20-32(29)37-35;;/h3-20,22-23H,1-2H3;1H3;/q2*-1;. The Balaban J connectivity index is 0.00000154. The third kappa shape index (κ3) is 4.25. The van der Waals surface area contributed by atoms with Gasteiger partial charge in [0.25, 0.3) is 0 Å². The minimum absolute atomic E-state index is 0. The van der Waals surface area contributed by atoms with Gasteiger partial charge in [0.1, 0.15) is 0 Å². The predicted molar refractivity (Wildman–Crippen MR) is 161 cm³/mol. The van der Waals surface area contributed by atoms with Crippen LogP contribution in [0.2, 0.25) is 0 Å². The maximum Gasteiger partial charge on any atom is 0.0602 e. The monoisotopic (exact) mass is 680 g/mol. The minimum atomic E-state index is -0.0816. The molecule has 0 unspecified atom stereocenters. The summed E-state index contributed by atoms with van der Waals surface area (Å²) in [6.45, 7) is 4.64. The average Bonchev–Trinajstić information content (AvgIpc) is 3.19. The van der Waals surface area contributed by atoms with Crippen molar-refractivity contribution < 1.29 is 20.1 Å². The molecule has 7 rings (SSSR count). The number of rotatable bonds is 3. The van der Waals surface area contributed by atoms with E-state index in [-0.39, 0.29) is 32.9 Å². The molecule has 193 valence electrons. The summed E-state index contributed by atoms with van der Waals surface area (Å²) < 4.78 is 0. The average molecular weight is 680 g/mol. The number of pyridine rings is 1. The molecular formula is C37H29IrN-2. The number of hydrogen-bond donors (Lipinski definition) is 0. The fraction of sp³-hybridized carbons (Fsp3) is 0.0811. The van der Waals surface area contributed by atoms with E-state index in [1.165, 1.54) is 33.4 Å². The van der Waals surface area contributed by atoms with Gasteiger partial charge in [-0.05, 0) is 45.0 Å². The van der Waals surface area contributed by atoms with E-state index in [0.717, 1.165) is 33.3 Å². The van der Waals surface area contributed by atoms with Gasteiger partial charge in [-0.1, -0.05) is 128 Å². The van der Waals surface area contributed by atoms with Gasteiger partial charge in [-0.3, -0.25) is 4.98 Å². The van der Waals surface area contributed by atoms with Gasteiger partial charge in [-0.15, -0.1) is 29.3 Å². The zero-order valence-electron chi connectivity index (χ0n) is 22.3. The first-order valence-corrected chi connectivity index (χ1v) is 12.8. The van der Waals surface area contributed by atoms with Crippen LogP contribution in [-0.2, 0) is 25.5 Å². The first-order valence-electron chi connectivity index (χ1n) is 12.8. The van der Waals surface area contributed by atoms with Gasteiger partial charge in [0.05, 0.1) is 5.52 Å². The van der Waals surface area contributed by atoms with E-state index < -0.39 is 0 Å². The largest absolute Gasteiger partial charge is 0.358 e. The minimum Gasteiger partial charge on any atom is -0.358 e. The number of fused-ring (bicyclic) bond motifs is 4. The number of nitrogens with zero attached hydrogens (tertiary/aromatic N) is 1. The fourth-order valence-corrected chi connectivity index (χ4v) is 5.97. The van der Waals surface area contributed by atoms with Crippen molar-refractivity contribution in [2.45, 2.75) is 19.3 Å². The van der Waals surface area contributed by atoms with E-state index in [2.05, 4.69) is 141 Å². The summed E-state index contributed by atoms with van der Waals surface area (Å²) in [4.78, 5) is 5.30. The molecule has 1 radical (unpaired) electrons. The second kappa shape index (κ2) is 10.4. The molecule has 1 aromatic heterocycles. The molecule has 39 heavy (non-hydrogen) atoms. The summed E-state index contributed by atoms with van der Waals surface area (Å²) in [6.07, 6.45) is 0. The maximum atomic E-state index is 5.30. The molecule has 0 N–H and O–H groups in total. The summed E-state index contributed by atoms with van der Waals surface area (Å²) >= 11 is 0. The van der Waals surface area contributed by atoms with Crippen molar-refractivity contribution >= 4 is 10.9 Å². The molecule has 0 amide bonds. The van der Waals surface area contributed by atoms with Crippen LogP contribution in [0, 0.1) is 13.5 Å². The zero-order valence-corrected chi connectivity index (χ0v) is 24.7. The molecule has 0 atom stereocenters. The number of aromatic nitrogens is 1. The molecule has 1 heterocycles. The van der Waals surface area contributed by atoms with E-state index in [0.29, 0.717) is 0 Å². The first-order chi connectivity index (χ1) is 18.1. The molecule has 0 saturated heterocycles. The van der Waals surface area contributed by atoms with Gasteiger partial charge in [0, 0.05) is 25.5 Å². The Labute approximate surface area is 244 Å². The Kier molecular flexibility index (Phi) is 7.12. The van der Waals surface area contributed by atoms with Crippen LogP contribution in [0.1, 0.15) is 25.0 Å². The summed E-state index contributed by atoms with van der Waals surface area (Å²) in [5.74, 6) is 0. The molecule has 0 bridgehead atoms. The third-order valence-corrected chi connectivity index (χ3v) is 7.79. The molecule has 1 nitrogen and oxygen atoms in total. The molecular weight excluding hydrogens is 651 g/mol. The molecule has 2 heteroatoms. The van der Waals surface area contributed by atoms with Crippen molar-refractivity contribution in [3.05, 3.63) is 146 Å². The van der Waals surface area contributed by atoms with Crippen LogP contribution in [0.3, 0.4) is 0 Å². The van der Waals surface area contributed by atoms with E-state index in [9.17, 15) is 0 Å². The van der Waals surface area contributed by atoms with Crippen molar-refractivity contribution in [2.24, 2.45) is 0 Å². The quantitative estimate of drug-likeness (QED) is 0.170. The fourth-order valence-electron chi connectivity index (χ4n) is 5.97. The SMILES string of the molecule is CC1(C)c2ccccc2-c2c[c-]c(-c3nc4ccccc4c(-c4ccccc4)c3-c3ccccc3)cc21.[CH3-].[Ir]. The Morgan fingerprint density at radius 1 is 0.615 bits per heavy atom. The summed E-state index contributed by atoms with van der Waals surface area (Å²) in [5, 5.41) is 1.16. The summed E-state index contributed by atoms with van der Waals surface area (Å²) in [6, 6.07) is 46.7. The topological polar surface area (TPSA) is 12.9 Å². The number of benzene rings is 5. The van der Waals surface area contributed by atoms with Crippen LogP contribution in [0.15, 0.2) is 121 Å². The molecule has 0 spiro atoms. The molecule has 1 aliphatic carbocycles. The Morgan fingerprint density at radius 3 is 1.92 bits per heavy atom. The van der Waals surface area contributed by atoms with Crippen LogP contribution in [-0.4, -0.2) is 4.98 Å². The smallest absolute Gasteiger partial charge is 0.0602 e. The number of hydrogen-bond acceptors (Lipinski definition) is 1. The van der Waals surface area contributed by atoms with Gasteiger partial charge < -0.3 is 7.43 Å². The van der Waals surface area contributed by atoms with Gasteiger partial charge in [0.15, 0.2) is 0 Å². The molecule has 6 aromatic rings. The first kappa shape index (κ1) is 26.8. The van der Waals surface area contributed by atoms with Gasteiger partial charge >= 0.3 is 0 Å². The van der Waals surface area contributed by atoms with E-state index in [4.69, 9.17) is 4.98 Å². The molecule has 1 aliphatic rings. The van der Waals surface area contributed by atoms with Crippen molar-refractivity contribution in [3.8, 4) is 44.6 Å². The summed E-state index contributed by atoms with van der Waals surface area (Å²) in [7, 11) is 0. The van der Waals surface area contributed by atoms with Crippen LogP contribution in [0.5, 0.6) is 0 Å². The normalized spacial score (nSPS) is 12.7. The van der Waals surface area contributed by atoms with Crippen molar-refractivity contribution in [1.82, 2.24) is 4.98 Å². The van der Waals surface area contributed by atoms with E-state index in [1.807, 2.05) is 0 Å². The van der Waals surface area contributed by atoms with Crippen LogP contribution in [0.4, 0.5) is 0 Å². The Bertz CT molecular complexity index is 1790. The number of para-hydroxylation sites is 1. The van der Waals surface area contributed by atoms with E-state index in [1.54, 1.807) is 0 Å². The second-order valence-electron chi connectivity index (χ2n) is 10.3. The third-order valence-electron chi connectivity index (χ3n) is 7.79. The maximum absolute atomic E-state index is 5.30. The predicted octanol–water partition coefficient (Wildman–Crippen LogP) is 9.79.